The van der Waals surface area contributed by atoms with Crippen molar-refractivity contribution < 1.29 is 24.2 Å². The highest BCUT2D eigenvalue weighted by Gasteiger charge is 2.19. The number of para-hydroxylation sites is 1. The van der Waals surface area contributed by atoms with Gasteiger partial charge in [-0.05, 0) is 18.6 Å². The number of aliphatic carboxylic acids is 1. The first-order valence-corrected chi connectivity index (χ1v) is 6.82. The van der Waals surface area contributed by atoms with E-state index in [1.54, 1.807) is 0 Å². The highest BCUT2D eigenvalue weighted by molar-refractivity contribution is 5.83. The Hall–Kier alpha value is -2.08. The maximum absolute atomic E-state index is 11.7. The molecule has 0 aromatic heterocycles. The summed E-state index contributed by atoms with van der Waals surface area (Å²) in [7, 11) is 1.49. The lowest BCUT2D eigenvalue weighted by atomic mass is 10.2. The molecule has 1 amide bonds. The zero-order valence-electron chi connectivity index (χ0n) is 12.1. The summed E-state index contributed by atoms with van der Waals surface area (Å²) in [5.74, 6) is -0.600. The SMILES string of the molecule is COCCC(NC(=O)CCCOc1ccccc1)C(=O)O. The van der Waals surface area contributed by atoms with E-state index in [1.807, 2.05) is 30.3 Å². The van der Waals surface area contributed by atoms with E-state index in [9.17, 15) is 9.59 Å². The van der Waals surface area contributed by atoms with Crippen LogP contribution in [0.1, 0.15) is 19.3 Å². The van der Waals surface area contributed by atoms with E-state index in [-0.39, 0.29) is 25.4 Å². The molecule has 1 aromatic carbocycles. The Kier molecular flexibility index (Phi) is 7.89. The number of nitrogens with one attached hydrogen (secondary N) is 1. The molecule has 116 valence electrons. The molecule has 0 aliphatic heterocycles. The summed E-state index contributed by atoms with van der Waals surface area (Å²) in [4.78, 5) is 22.6. The fourth-order valence-corrected chi connectivity index (χ4v) is 1.70. The number of benzene rings is 1. The van der Waals surface area contributed by atoms with E-state index in [2.05, 4.69) is 5.32 Å². The number of carboxylic acid groups (broad SMARTS) is 1. The lowest BCUT2D eigenvalue weighted by molar-refractivity contribution is -0.142. The van der Waals surface area contributed by atoms with Crippen LogP contribution >= 0.6 is 0 Å². The van der Waals surface area contributed by atoms with Crippen molar-refractivity contribution in [3.63, 3.8) is 0 Å². The third kappa shape index (κ3) is 7.31. The number of carbonyl (C=O) groups excluding carboxylic acids is 1. The lowest BCUT2D eigenvalue weighted by Gasteiger charge is -2.14. The van der Waals surface area contributed by atoms with E-state index >= 15 is 0 Å². The molecule has 6 heteroatoms. The van der Waals surface area contributed by atoms with Crippen LogP contribution < -0.4 is 10.1 Å². The average Bonchev–Trinajstić information content (AvgIpc) is 2.48. The van der Waals surface area contributed by atoms with Gasteiger partial charge in [-0.2, -0.15) is 0 Å². The Bertz CT molecular complexity index is 435. The van der Waals surface area contributed by atoms with Crippen LogP contribution in [-0.2, 0) is 14.3 Å². The number of methoxy groups -OCH3 is 1. The molecule has 1 rings (SSSR count). The summed E-state index contributed by atoms with van der Waals surface area (Å²) < 4.78 is 10.3. The topological polar surface area (TPSA) is 84.9 Å². The predicted octanol–water partition coefficient (Wildman–Crippen LogP) is 1.45. The van der Waals surface area contributed by atoms with E-state index < -0.39 is 12.0 Å². The maximum atomic E-state index is 11.7. The van der Waals surface area contributed by atoms with Crippen LogP contribution in [0.3, 0.4) is 0 Å². The lowest BCUT2D eigenvalue weighted by Crippen LogP contribution is -2.41. The van der Waals surface area contributed by atoms with Gasteiger partial charge in [0, 0.05) is 26.6 Å². The van der Waals surface area contributed by atoms with E-state index in [1.165, 1.54) is 7.11 Å². The van der Waals surface area contributed by atoms with Crippen LogP contribution in [0.25, 0.3) is 0 Å². The summed E-state index contributed by atoms with van der Waals surface area (Å²) in [5.41, 5.74) is 0. The van der Waals surface area contributed by atoms with Gasteiger partial charge >= 0.3 is 5.97 Å². The molecule has 1 aromatic rings. The van der Waals surface area contributed by atoms with Gasteiger partial charge in [-0.1, -0.05) is 18.2 Å². The second-order valence-electron chi connectivity index (χ2n) is 4.50. The second kappa shape index (κ2) is 9.77. The van der Waals surface area contributed by atoms with Crippen LogP contribution in [0, 0.1) is 0 Å². The van der Waals surface area contributed by atoms with Crippen molar-refractivity contribution in [2.75, 3.05) is 20.3 Å². The van der Waals surface area contributed by atoms with E-state index in [0.717, 1.165) is 5.75 Å². The maximum Gasteiger partial charge on any atom is 0.326 e. The third-order valence-electron chi connectivity index (χ3n) is 2.80. The van der Waals surface area contributed by atoms with Gasteiger partial charge in [-0.15, -0.1) is 0 Å². The van der Waals surface area contributed by atoms with Gasteiger partial charge in [-0.25, -0.2) is 4.79 Å². The first-order valence-electron chi connectivity index (χ1n) is 6.82. The minimum absolute atomic E-state index is 0.226. The second-order valence-corrected chi connectivity index (χ2v) is 4.50. The molecule has 1 unspecified atom stereocenters. The van der Waals surface area contributed by atoms with Crippen molar-refractivity contribution in [2.24, 2.45) is 0 Å². The van der Waals surface area contributed by atoms with Gasteiger partial charge in [0.2, 0.25) is 5.91 Å². The van der Waals surface area contributed by atoms with Crippen molar-refractivity contribution in [1.82, 2.24) is 5.32 Å². The van der Waals surface area contributed by atoms with Gasteiger partial charge < -0.3 is 19.9 Å². The first-order chi connectivity index (χ1) is 10.1. The smallest absolute Gasteiger partial charge is 0.326 e. The molecule has 6 nitrogen and oxygen atoms in total. The summed E-state index contributed by atoms with van der Waals surface area (Å²) in [5, 5.41) is 11.4. The van der Waals surface area contributed by atoms with Gasteiger partial charge in [0.15, 0.2) is 0 Å². The fourth-order valence-electron chi connectivity index (χ4n) is 1.70. The zero-order valence-corrected chi connectivity index (χ0v) is 12.1. The van der Waals surface area contributed by atoms with Gasteiger partial charge in [-0.3, -0.25) is 4.79 Å². The number of hydrogen-bond acceptors (Lipinski definition) is 4. The standard InChI is InChI=1S/C15H21NO5/c1-20-11-9-13(15(18)19)16-14(17)8-5-10-21-12-6-3-2-4-7-12/h2-4,6-7,13H,5,8-11H2,1H3,(H,16,17)(H,18,19). The molecule has 0 aliphatic carbocycles. The molecule has 0 spiro atoms. The molecule has 21 heavy (non-hydrogen) atoms. The number of ether oxygens (including phenoxy) is 2. The zero-order chi connectivity index (χ0) is 15.5. The fraction of sp³-hybridized carbons (Fsp3) is 0.467. The monoisotopic (exact) mass is 295 g/mol. The largest absolute Gasteiger partial charge is 0.494 e. The van der Waals surface area contributed by atoms with E-state index in [0.29, 0.717) is 13.0 Å². The molecular weight excluding hydrogens is 274 g/mol. The summed E-state index contributed by atoms with van der Waals surface area (Å²) in [6, 6.07) is 8.40. The highest BCUT2D eigenvalue weighted by Crippen LogP contribution is 2.08. The molecule has 0 saturated heterocycles. The van der Waals surface area contributed by atoms with Crippen molar-refractivity contribution in [2.45, 2.75) is 25.3 Å². The van der Waals surface area contributed by atoms with Crippen molar-refractivity contribution >= 4 is 11.9 Å². The van der Waals surface area contributed by atoms with Crippen LogP contribution in [0.4, 0.5) is 0 Å². The Labute approximate surface area is 124 Å². The molecule has 0 radical (unpaired) electrons. The molecule has 0 aliphatic rings. The van der Waals surface area contributed by atoms with Crippen LogP contribution in [0.15, 0.2) is 30.3 Å². The molecule has 2 N–H and O–H groups in total. The molecule has 0 bridgehead atoms. The summed E-state index contributed by atoms with van der Waals surface area (Å²) in [6.07, 6.45) is 0.999. The van der Waals surface area contributed by atoms with Gasteiger partial charge in [0.05, 0.1) is 6.61 Å². The predicted molar refractivity (Wildman–Crippen MR) is 77.2 cm³/mol. The van der Waals surface area contributed by atoms with E-state index in [4.69, 9.17) is 14.6 Å². The molecule has 0 heterocycles. The summed E-state index contributed by atoms with van der Waals surface area (Å²) >= 11 is 0. The molecule has 1 atom stereocenters. The van der Waals surface area contributed by atoms with Crippen molar-refractivity contribution in [3.05, 3.63) is 30.3 Å². The minimum Gasteiger partial charge on any atom is -0.494 e. The van der Waals surface area contributed by atoms with Crippen LogP contribution in [0.5, 0.6) is 5.75 Å². The molecule has 0 saturated carbocycles. The van der Waals surface area contributed by atoms with Gasteiger partial charge in [0.25, 0.3) is 0 Å². The third-order valence-corrected chi connectivity index (χ3v) is 2.80. The highest BCUT2D eigenvalue weighted by atomic mass is 16.5. The van der Waals surface area contributed by atoms with Gasteiger partial charge in [0.1, 0.15) is 11.8 Å². The quantitative estimate of drug-likeness (QED) is 0.638. The minimum atomic E-state index is -1.05. The van der Waals surface area contributed by atoms with Crippen molar-refractivity contribution in [1.29, 1.82) is 0 Å². The number of amides is 1. The Morgan fingerprint density at radius 3 is 2.57 bits per heavy atom. The Balaban J connectivity index is 2.21. The molecular formula is C15H21NO5. The summed E-state index contributed by atoms with van der Waals surface area (Å²) in [6.45, 7) is 0.696. The first kappa shape index (κ1) is 17.0. The number of rotatable bonds is 10. The van der Waals surface area contributed by atoms with Crippen LogP contribution in [-0.4, -0.2) is 43.3 Å². The molecule has 0 fully saturated rings. The van der Waals surface area contributed by atoms with Crippen LogP contribution in [0.2, 0.25) is 0 Å². The Morgan fingerprint density at radius 1 is 1.24 bits per heavy atom. The normalized spacial score (nSPS) is 11.7. The number of carbonyl (C=O) groups is 2. The number of carboxylic acids is 1. The number of hydrogen-bond donors (Lipinski definition) is 2. The Morgan fingerprint density at radius 2 is 1.95 bits per heavy atom. The average molecular weight is 295 g/mol. The van der Waals surface area contributed by atoms with Crippen molar-refractivity contribution in [3.8, 4) is 5.75 Å².